The van der Waals surface area contributed by atoms with Gasteiger partial charge in [-0.05, 0) is 30.5 Å². The second-order valence-corrected chi connectivity index (χ2v) is 3.89. The molecule has 0 aliphatic rings. The molecule has 0 radical (unpaired) electrons. The van der Waals surface area contributed by atoms with E-state index in [-0.39, 0.29) is 6.42 Å². The molecule has 0 aliphatic carbocycles. The number of halogens is 1. The van der Waals surface area contributed by atoms with Crippen LogP contribution in [-0.2, 0) is 10.4 Å². The second-order valence-electron chi connectivity index (χ2n) is 3.48. The zero-order valence-corrected chi connectivity index (χ0v) is 9.38. The van der Waals surface area contributed by atoms with Crippen LogP contribution in [0.25, 0.3) is 0 Å². The monoisotopic (exact) mass is 228 g/mol. The van der Waals surface area contributed by atoms with E-state index in [0.717, 1.165) is 5.56 Å². The molecule has 0 heterocycles. The summed E-state index contributed by atoms with van der Waals surface area (Å²) in [4.78, 5) is 11.0. The molecule has 4 heteroatoms. The largest absolute Gasteiger partial charge is 0.479 e. The van der Waals surface area contributed by atoms with Crippen LogP contribution in [0.3, 0.4) is 0 Å². The lowest BCUT2D eigenvalue weighted by molar-refractivity contribution is -0.160. The Balaban J connectivity index is 3.25. The molecule has 2 N–H and O–H groups in total. The molecule has 1 rings (SSSR count). The number of aliphatic hydroxyl groups is 1. The molecule has 0 fully saturated rings. The number of carboxylic acid groups (broad SMARTS) is 1. The molecule has 0 amide bonds. The van der Waals surface area contributed by atoms with Gasteiger partial charge in [0.2, 0.25) is 0 Å². The summed E-state index contributed by atoms with van der Waals surface area (Å²) in [5.41, 5.74) is -0.711. The average Bonchev–Trinajstić information content (AvgIpc) is 2.20. The summed E-state index contributed by atoms with van der Waals surface area (Å²) in [6.45, 7) is 3.39. The Labute approximate surface area is 93.3 Å². The number of aliphatic carboxylic acids is 1. The highest BCUT2D eigenvalue weighted by atomic mass is 35.5. The first-order valence-electron chi connectivity index (χ1n) is 4.64. The van der Waals surface area contributed by atoms with Crippen molar-refractivity contribution < 1.29 is 15.0 Å². The topological polar surface area (TPSA) is 57.5 Å². The smallest absolute Gasteiger partial charge is 0.340 e. The molecule has 1 aromatic carbocycles. The van der Waals surface area contributed by atoms with Gasteiger partial charge in [0.15, 0.2) is 5.60 Å². The maximum atomic E-state index is 11.0. The summed E-state index contributed by atoms with van der Waals surface area (Å²) in [6.07, 6.45) is 0.114. The molecular weight excluding hydrogens is 216 g/mol. The van der Waals surface area contributed by atoms with Gasteiger partial charge in [0, 0.05) is 5.02 Å². The van der Waals surface area contributed by atoms with Gasteiger partial charge in [0.05, 0.1) is 0 Å². The lowest BCUT2D eigenvalue weighted by Gasteiger charge is -2.22. The number of carbonyl (C=O) groups is 1. The molecule has 1 unspecified atom stereocenters. The third kappa shape index (κ3) is 2.13. The Kier molecular flexibility index (Phi) is 3.37. The van der Waals surface area contributed by atoms with E-state index in [0.29, 0.717) is 10.6 Å². The minimum absolute atomic E-state index is 0.114. The van der Waals surface area contributed by atoms with Crippen molar-refractivity contribution in [3.05, 3.63) is 34.3 Å². The van der Waals surface area contributed by atoms with Crippen molar-refractivity contribution in [3.63, 3.8) is 0 Å². The average molecular weight is 229 g/mol. The van der Waals surface area contributed by atoms with Gasteiger partial charge in [-0.15, -0.1) is 0 Å². The van der Waals surface area contributed by atoms with E-state index in [1.807, 2.05) is 0 Å². The highest BCUT2D eigenvalue weighted by molar-refractivity contribution is 6.31. The van der Waals surface area contributed by atoms with E-state index in [1.165, 1.54) is 6.07 Å². The van der Waals surface area contributed by atoms with Gasteiger partial charge in [-0.2, -0.15) is 0 Å². The summed E-state index contributed by atoms with van der Waals surface area (Å²) in [7, 11) is 0. The quantitative estimate of drug-likeness (QED) is 0.835. The third-order valence-corrected chi connectivity index (χ3v) is 2.93. The normalized spacial score (nSPS) is 14.7. The Bertz CT molecular complexity index is 389. The summed E-state index contributed by atoms with van der Waals surface area (Å²) in [5.74, 6) is -1.24. The predicted octanol–water partition coefficient (Wildman–Crippen LogP) is 2.33. The van der Waals surface area contributed by atoms with Gasteiger partial charge in [0.25, 0.3) is 0 Å². The van der Waals surface area contributed by atoms with Gasteiger partial charge in [-0.3, -0.25) is 0 Å². The van der Waals surface area contributed by atoms with E-state index in [2.05, 4.69) is 0 Å². The van der Waals surface area contributed by atoms with Crippen molar-refractivity contribution in [1.29, 1.82) is 0 Å². The maximum Gasteiger partial charge on any atom is 0.340 e. The van der Waals surface area contributed by atoms with Crippen LogP contribution in [0.5, 0.6) is 0 Å². The van der Waals surface area contributed by atoms with Crippen LogP contribution >= 0.6 is 11.6 Å². The predicted molar refractivity (Wildman–Crippen MR) is 58.0 cm³/mol. The zero-order chi connectivity index (χ0) is 11.6. The van der Waals surface area contributed by atoms with Crippen LogP contribution in [0.4, 0.5) is 0 Å². The second kappa shape index (κ2) is 4.21. The van der Waals surface area contributed by atoms with Crippen molar-refractivity contribution in [3.8, 4) is 0 Å². The van der Waals surface area contributed by atoms with Crippen molar-refractivity contribution in [2.45, 2.75) is 25.9 Å². The third-order valence-electron chi connectivity index (χ3n) is 2.50. The maximum absolute atomic E-state index is 11.0. The van der Waals surface area contributed by atoms with E-state index in [9.17, 15) is 9.90 Å². The standard InChI is InChI=1S/C11H13ClO3/c1-3-11(15,10(13)14)8-4-5-9(12)7(2)6-8/h4-6,15H,3H2,1-2H3,(H,13,14). The molecule has 0 aromatic heterocycles. The summed E-state index contributed by atoms with van der Waals surface area (Å²) in [6, 6.07) is 4.72. The molecule has 15 heavy (non-hydrogen) atoms. The van der Waals surface area contributed by atoms with E-state index >= 15 is 0 Å². The fourth-order valence-corrected chi connectivity index (χ4v) is 1.50. The number of rotatable bonds is 3. The van der Waals surface area contributed by atoms with Gasteiger partial charge >= 0.3 is 5.97 Å². The summed E-state index contributed by atoms with van der Waals surface area (Å²) >= 11 is 5.82. The lowest BCUT2D eigenvalue weighted by atomic mass is 9.90. The Morgan fingerprint density at radius 1 is 1.53 bits per heavy atom. The Morgan fingerprint density at radius 2 is 2.13 bits per heavy atom. The molecule has 3 nitrogen and oxygen atoms in total. The fraction of sp³-hybridized carbons (Fsp3) is 0.364. The van der Waals surface area contributed by atoms with Crippen molar-refractivity contribution in [1.82, 2.24) is 0 Å². The lowest BCUT2D eigenvalue weighted by Crippen LogP contribution is -2.34. The Hall–Kier alpha value is -1.06. The van der Waals surface area contributed by atoms with Gasteiger partial charge in [-0.1, -0.05) is 30.7 Å². The number of carboxylic acids is 1. The van der Waals surface area contributed by atoms with Crippen LogP contribution in [0.2, 0.25) is 5.02 Å². The Morgan fingerprint density at radius 3 is 2.53 bits per heavy atom. The van der Waals surface area contributed by atoms with Crippen LogP contribution < -0.4 is 0 Å². The van der Waals surface area contributed by atoms with Gasteiger partial charge in [0.1, 0.15) is 0 Å². The summed E-state index contributed by atoms with van der Waals surface area (Å²) in [5, 5.41) is 19.5. The van der Waals surface area contributed by atoms with E-state index < -0.39 is 11.6 Å². The first-order chi connectivity index (χ1) is 6.91. The minimum Gasteiger partial charge on any atom is -0.479 e. The molecule has 0 saturated carbocycles. The molecule has 1 aromatic rings. The molecule has 0 aliphatic heterocycles. The minimum atomic E-state index is -1.82. The highest BCUT2D eigenvalue weighted by Crippen LogP contribution is 2.28. The molecule has 1 atom stereocenters. The first-order valence-corrected chi connectivity index (χ1v) is 5.02. The van der Waals surface area contributed by atoms with E-state index in [1.54, 1.807) is 26.0 Å². The van der Waals surface area contributed by atoms with Gasteiger partial charge < -0.3 is 10.2 Å². The first kappa shape index (κ1) is 12.0. The SMILES string of the molecule is CCC(O)(C(=O)O)c1ccc(Cl)c(C)c1. The van der Waals surface area contributed by atoms with Crippen LogP contribution in [0.15, 0.2) is 18.2 Å². The van der Waals surface area contributed by atoms with Crippen LogP contribution in [0.1, 0.15) is 24.5 Å². The van der Waals surface area contributed by atoms with Crippen LogP contribution in [-0.4, -0.2) is 16.2 Å². The summed E-state index contributed by atoms with van der Waals surface area (Å²) < 4.78 is 0. The van der Waals surface area contributed by atoms with Crippen molar-refractivity contribution in [2.24, 2.45) is 0 Å². The van der Waals surface area contributed by atoms with Crippen molar-refractivity contribution in [2.75, 3.05) is 0 Å². The molecular formula is C11H13ClO3. The molecule has 0 spiro atoms. The molecule has 82 valence electrons. The molecule has 0 bridgehead atoms. The number of aryl methyl sites for hydroxylation is 1. The molecule has 0 saturated heterocycles. The number of benzene rings is 1. The van der Waals surface area contributed by atoms with Crippen LogP contribution in [0, 0.1) is 6.92 Å². The fourth-order valence-electron chi connectivity index (χ4n) is 1.38. The number of hydrogen-bond acceptors (Lipinski definition) is 2. The van der Waals surface area contributed by atoms with Gasteiger partial charge in [-0.25, -0.2) is 4.79 Å². The van der Waals surface area contributed by atoms with E-state index in [4.69, 9.17) is 16.7 Å². The van der Waals surface area contributed by atoms with Crippen molar-refractivity contribution >= 4 is 17.6 Å². The highest BCUT2D eigenvalue weighted by Gasteiger charge is 2.36. The number of hydrogen-bond donors (Lipinski definition) is 2. The zero-order valence-electron chi connectivity index (χ0n) is 8.62.